The third-order valence-corrected chi connectivity index (χ3v) is 5.14. The van der Waals surface area contributed by atoms with E-state index in [4.69, 9.17) is 0 Å². The van der Waals surface area contributed by atoms with Gasteiger partial charge < -0.3 is 4.90 Å². The first-order chi connectivity index (χ1) is 12.4. The van der Waals surface area contributed by atoms with E-state index in [0.29, 0.717) is 24.0 Å². The van der Waals surface area contributed by atoms with E-state index in [2.05, 4.69) is 10.1 Å². The van der Waals surface area contributed by atoms with Crippen molar-refractivity contribution in [3.8, 4) is 0 Å². The SMILES string of the molecule is Cc1nc2c(c(C)c1CC(=O)N1CCc3cc(F)ccc31)c(=O)[nH]n2C. The fourth-order valence-corrected chi connectivity index (χ4v) is 3.78. The van der Waals surface area contributed by atoms with E-state index < -0.39 is 0 Å². The normalized spacial score (nSPS) is 13.5. The number of carbonyl (C=O) groups excluding carboxylic acids is 1. The number of carbonyl (C=O) groups is 1. The standard InChI is InChI=1S/C19H19FN4O2/c1-10-14(11(2)21-18-17(10)19(26)22-23(18)3)9-16(25)24-7-6-12-8-13(20)4-5-15(12)24/h4-5,8H,6-7,9H2,1-3H3,(H,22,26). The van der Waals surface area contributed by atoms with Crippen molar-refractivity contribution in [3.63, 3.8) is 0 Å². The number of hydrogen-bond donors (Lipinski definition) is 1. The van der Waals surface area contributed by atoms with Crippen molar-refractivity contribution in [1.82, 2.24) is 14.8 Å². The number of aryl methyl sites for hydroxylation is 3. The number of aromatic amines is 1. The Kier molecular flexibility index (Phi) is 3.68. The van der Waals surface area contributed by atoms with E-state index in [1.54, 1.807) is 22.7 Å². The van der Waals surface area contributed by atoms with E-state index in [0.717, 1.165) is 28.1 Å². The van der Waals surface area contributed by atoms with E-state index in [1.807, 2.05) is 13.8 Å². The first-order valence-electron chi connectivity index (χ1n) is 8.50. The van der Waals surface area contributed by atoms with Gasteiger partial charge in [0.1, 0.15) is 5.82 Å². The summed E-state index contributed by atoms with van der Waals surface area (Å²) in [6, 6.07) is 4.51. The summed E-state index contributed by atoms with van der Waals surface area (Å²) in [6.07, 6.45) is 0.804. The van der Waals surface area contributed by atoms with Crippen LogP contribution in [-0.4, -0.2) is 27.2 Å². The third kappa shape index (κ3) is 2.42. The highest BCUT2D eigenvalue weighted by Gasteiger charge is 2.26. The first kappa shape index (κ1) is 16.5. The molecule has 0 aliphatic carbocycles. The molecular formula is C19H19FN4O2. The summed E-state index contributed by atoms with van der Waals surface area (Å²) >= 11 is 0. The molecule has 0 spiro atoms. The Bertz CT molecular complexity index is 1110. The van der Waals surface area contributed by atoms with E-state index in [-0.39, 0.29) is 23.7 Å². The van der Waals surface area contributed by atoms with Crippen LogP contribution in [0.15, 0.2) is 23.0 Å². The Balaban J connectivity index is 1.72. The molecule has 1 aromatic carbocycles. The van der Waals surface area contributed by atoms with Gasteiger partial charge in [0.25, 0.3) is 5.56 Å². The van der Waals surface area contributed by atoms with Crippen LogP contribution in [0.2, 0.25) is 0 Å². The van der Waals surface area contributed by atoms with Crippen LogP contribution in [0.5, 0.6) is 0 Å². The quantitative estimate of drug-likeness (QED) is 0.767. The molecule has 1 aliphatic rings. The van der Waals surface area contributed by atoms with Gasteiger partial charge in [0.05, 0.1) is 11.8 Å². The lowest BCUT2D eigenvalue weighted by Crippen LogP contribution is -2.31. The Morgan fingerprint density at radius 2 is 2.12 bits per heavy atom. The second kappa shape index (κ2) is 5.79. The molecule has 134 valence electrons. The topological polar surface area (TPSA) is 71.0 Å². The zero-order valence-electron chi connectivity index (χ0n) is 14.9. The van der Waals surface area contributed by atoms with Crippen molar-refractivity contribution < 1.29 is 9.18 Å². The van der Waals surface area contributed by atoms with Crippen molar-refractivity contribution in [1.29, 1.82) is 0 Å². The fraction of sp³-hybridized carbons (Fsp3) is 0.316. The molecule has 1 N–H and O–H groups in total. The molecule has 0 radical (unpaired) electrons. The summed E-state index contributed by atoms with van der Waals surface area (Å²) in [4.78, 5) is 31.3. The van der Waals surface area contributed by atoms with Gasteiger partial charge >= 0.3 is 0 Å². The molecule has 6 nitrogen and oxygen atoms in total. The average molecular weight is 354 g/mol. The van der Waals surface area contributed by atoms with Crippen LogP contribution >= 0.6 is 0 Å². The number of amides is 1. The number of benzene rings is 1. The van der Waals surface area contributed by atoms with Crippen LogP contribution < -0.4 is 10.5 Å². The maximum atomic E-state index is 13.4. The van der Waals surface area contributed by atoms with Crippen LogP contribution in [-0.2, 0) is 24.7 Å². The number of nitrogens with one attached hydrogen (secondary N) is 1. The van der Waals surface area contributed by atoms with Crippen LogP contribution in [0.3, 0.4) is 0 Å². The van der Waals surface area contributed by atoms with Gasteiger partial charge in [0, 0.05) is 25.0 Å². The lowest BCUT2D eigenvalue weighted by Gasteiger charge is -2.19. The Hall–Kier alpha value is -2.96. The maximum Gasteiger partial charge on any atom is 0.273 e. The van der Waals surface area contributed by atoms with Crippen LogP contribution in [0.1, 0.15) is 22.4 Å². The van der Waals surface area contributed by atoms with Crippen molar-refractivity contribution >= 4 is 22.6 Å². The fourth-order valence-electron chi connectivity index (χ4n) is 3.78. The van der Waals surface area contributed by atoms with Gasteiger partial charge in [-0.05, 0) is 55.2 Å². The van der Waals surface area contributed by atoms with Crippen LogP contribution in [0, 0.1) is 19.7 Å². The summed E-state index contributed by atoms with van der Waals surface area (Å²) in [5.74, 6) is -0.363. The van der Waals surface area contributed by atoms with Gasteiger partial charge in [0.15, 0.2) is 5.65 Å². The predicted octanol–water partition coefficient (Wildman–Crippen LogP) is 2.15. The van der Waals surface area contributed by atoms with Gasteiger partial charge in [-0.2, -0.15) is 0 Å². The molecule has 3 aromatic rings. The lowest BCUT2D eigenvalue weighted by molar-refractivity contribution is -0.117. The van der Waals surface area contributed by atoms with E-state index in [1.165, 1.54) is 12.1 Å². The first-order valence-corrected chi connectivity index (χ1v) is 8.50. The molecule has 26 heavy (non-hydrogen) atoms. The summed E-state index contributed by atoms with van der Waals surface area (Å²) in [7, 11) is 1.74. The van der Waals surface area contributed by atoms with Crippen molar-refractivity contribution in [2.75, 3.05) is 11.4 Å². The smallest absolute Gasteiger partial charge is 0.273 e. The number of halogens is 1. The number of H-pyrrole nitrogens is 1. The molecule has 4 rings (SSSR count). The zero-order valence-corrected chi connectivity index (χ0v) is 14.9. The highest BCUT2D eigenvalue weighted by atomic mass is 19.1. The highest BCUT2D eigenvalue weighted by molar-refractivity contribution is 5.97. The van der Waals surface area contributed by atoms with Crippen molar-refractivity contribution in [2.45, 2.75) is 26.7 Å². The molecule has 0 saturated carbocycles. The second-order valence-corrected chi connectivity index (χ2v) is 6.74. The number of rotatable bonds is 2. The third-order valence-electron chi connectivity index (χ3n) is 5.14. The highest BCUT2D eigenvalue weighted by Crippen LogP contribution is 2.30. The maximum absolute atomic E-state index is 13.4. The molecule has 0 unspecified atom stereocenters. The minimum absolute atomic E-state index is 0.0740. The summed E-state index contributed by atoms with van der Waals surface area (Å²) in [5.41, 5.74) is 4.28. The summed E-state index contributed by atoms with van der Waals surface area (Å²) in [6.45, 7) is 4.24. The second-order valence-electron chi connectivity index (χ2n) is 6.74. The van der Waals surface area contributed by atoms with Crippen LogP contribution in [0.4, 0.5) is 10.1 Å². The predicted molar refractivity (Wildman–Crippen MR) is 97.0 cm³/mol. The number of hydrogen-bond acceptors (Lipinski definition) is 3. The Morgan fingerprint density at radius 1 is 1.35 bits per heavy atom. The van der Waals surface area contributed by atoms with Gasteiger partial charge in [-0.1, -0.05) is 0 Å². The number of fused-ring (bicyclic) bond motifs is 2. The molecule has 7 heteroatoms. The molecule has 1 aliphatic heterocycles. The number of pyridine rings is 1. The molecule has 0 fully saturated rings. The van der Waals surface area contributed by atoms with Gasteiger partial charge in [-0.25, -0.2) is 9.37 Å². The summed E-state index contributed by atoms with van der Waals surface area (Å²) < 4.78 is 15.0. The zero-order chi connectivity index (χ0) is 18.6. The average Bonchev–Trinajstić information content (AvgIpc) is 3.12. The Morgan fingerprint density at radius 3 is 2.88 bits per heavy atom. The largest absolute Gasteiger partial charge is 0.312 e. The minimum atomic E-state index is -0.289. The van der Waals surface area contributed by atoms with E-state index >= 15 is 0 Å². The number of aromatic nitrogens is 3. The van der Waals surface area contributed by atoms with Crippen molar-refractivity contribution in [2.24, 2.45) is 7.05 Å². The summed E-state index contributed by atoms with van der Waals surface area (Å²) in [5, 5.41) is 3.22. The molecule has 0 atom stereocenters. The molecule has 0 bridgehead atoms. The van der Waals surface area contributed by atoms with Crippen LogP contribution in [0.25, 0.3) is 11.0 Å². The van der Waals surface area contributed by atoms with Crippen molar-refractivity contribution in [3.05, 3.63) is 56.8 Å². The molecular weight excluding hydrogens is 335 g/mol. The number of anilines is 1. The molecule has 2 aromatic heterocycles. The molecule has 3 heterocycles. The molecule has 0 saturated heterocycles. The van der Waals surface area contributed by atoms with Gasteiger partial charge in [0.2, 0.25) is 5.91 Å². The van der Waals surface area contributed by atoms with Gasteiger partial charge in [-0.15, -0.1) is 0 Å². The lowest BCUT2D eigenvalue weighted by atomic mass is 10.0. The Labute approximate surface area is 149 Å². The van der Waals surface area contributed by atoms with E-state index in [9.17, 15) is 14.0 Å². The molecule has 1 amide bonds. The number of nitrogens with zero attached hydrogens (tertiary/aromatic N) is 3. The monoisotopic (exact) mass is 354 g/mol. The van der Waals surface area contributed by atoms with Gasteiger partial charge in [-0.3, -0.25) is 19.4 Å². The minimum Gasteiger partial charge on any atom is -0.312 e.